The molecule has 0 heterocycles. The number of hydrogen-bond donors (Lipinski definition) is 2. The molecule has 0 saturated heterocycles. The molecule has 1 saturated carbocycles. The van der Waals surface area contributed by atoms with Gasteiger partial charge in [0.2, 0.25) is 0 Å². The van der Waals surface area contributed by atoms with E-state index < -0.39 is 23.2 Å². The lowest BCUT2D eigenvalue weighted by Gasteiger charge is -2.38. The third-order valence-corrected chi connectivity index (χ3v) is 4.87. The molecule has 1 aromatic carbocycles. The summed E-state index contributed by atoms with van der Waals surface area (Å²) in [7, 11) is 0. The van der Waals surface area contributed by atoms with E-state index in [2.05, 4.69) is 5.32 Å². The molecule has 0 radical (unpaired) electrons. The van der Waals surface area contributed by atoms with Crippen molar-refractivity contribution in [2.75, 3.05) is 6.61 Å². The summed E-state index contributed by atoms with van der Waals surface area (Å²) in [4.78, 5) is 25.7. The minimum Gasteiger partial charge on any atom is -0.459 e. The van der Waals surface area contributed by atoms with E-state index in [1.165, 1.54) is 0 Å². The predicted octanol–water partition coefficient (Wildman–Crippen LogP) is 3.12. The van der Waals surface area contributed by atoms with Crippen LogP contribution in [0.5, 0.6) is 0 Å². The van der Waals surface area contributed by atoms with E-state index in [1.807, 2.05) is 30.3 Å². The summed E-state index contributed by atoms with van der Waals surface area (Å²) in [5.74, 6) is -0.801. The minimum absolute atomic E-state index is 0.175. The van der Waals surface area contributed by atoms with Gasteiger partial charge in [0.05, 0.1) is 0 Å². The van der Waals surface area contributed by atoms with Crippen molar-refractivity contribution in [2.45, 2.75) is 83.1 Å². The van der Waals surface area contributed by atoms with Crippen LogP contribution in [0.25, 0.3) is 0 Å². The topological polar surface area (TPSA) is 84.9 Å². The fourth-order valence-electron chi connectivity index (χ4n) is 3.51. The first-order valence-electron chi connectivity index (χ1n) is 10.1. The third kappa shape index (κ3) is 6.60. The molecule has 156 valence electrons. The zero-order chi connectivity index (χ0) is 20.6. The van der Waals surface area contributed by atoms with Crippen LogP contribution in [0.3, 0.4) is 0 Å². The van der Waals surface area contributed by atoms with Crippen molar-refractivity contribution in [1.29, 1.82) is 0 Å². The maximum absolute atomic E-state index is 13.0. The zero-order valence-corrected chi connectivity index (χ0v) is 17.2. The van der Waals surface area contributed by atoms with Gasteiger partial charge in [-0.05, 0) is 45.6 Å². The highest BCUT2D eigenvalue weighted by atomic mass is 16.6. The quantitative estimate of drug-likeness (QED) is 0.663. The fourth-order valence-corrected chi connectivity index (χ4v) is 3.51. The van der Waals surface area contributed by atoms with Gasteiger partial charge < -0.3 is 14.6 Å². The SMILES string of the molecule is CC(C)(C)OC(=O)C(CCO)NC1(C(=O)OCc2ccccc2)CCCCC1. The van der Waals surface area contributed by atoms with Gasteiger partial charge in [0.1, 0.15) is 23.8 Å². The van der Waals surface area contributed by atoms with E-state index in [-0.39, 0.29) is 25.6 Å². The van der Waals surface area contributed by atoms with Gasteiger partial charge in [-0.3, -0.25) is 14.9 Å². The molecular weight excluding hydrogens is 358 g/mol. The summed E-state index contributed by atoms with van der Waals surface area (Å²) in [5, 5.41) is 12.6. The Morgan fingerprint density at radius 1 is 1.14 bits per heavy atom. The molecule has 1 aliphatic rings. The number of benzene rings is 1. The first-order chi connectivity index (χ1) is 13.3. The van der Waals surface area contributed by atoms with Gasteiger partial charge in [0, 0.05) is 6.61 Å². The van der Waals surface area contributed by atoms with Gasteiger partial charge in [-0.25, -0.2) is 0 Å². The van der Waals surface area contributed by atoms with E-state index in [4.69, 9.17) is 9.47 Å². The first kappa shape index (κ1) is 22.4. The molecule has 28 heavy (non-hydrogen) atoms. The summed E-state index contributed by atoms with van der Waals surface area (Å²) in [5.41, 5.74) is -0.648. The van der Waals surface area contributed by atoms with Crippen LogP contribution < -0.4 is 5.32 Å². The summed E-state index contributed by atoms with van der Waals surface area (Å²) in [6.07, 6.45) is 4.20. The summed E-state index contributed by atoms with van der Waals surface area (Å²) >= 11 is 0. The lowest BCUT2D eigenvalue weighted by Crippen LogP contribution is -2.60. The van der Waals surface area contributed by atoms with Crippen molar-refractivity contribution in [2.24, 2.45) is 0 Å². The Morgan fingerprint density at radius 2 is 1.79 bits per heavy atom. The van der Waals surface area contributed by atoms with Crippen LogP contribution >= 0.6 is 0 Å². The molecule has 1 fully saturated rings. The standard InChI is InChI=1S/C22H33NO5/c1-21(2,3)28-19(25)18(12-15-24)23-22(13-8-5-9-14-22)20(26)27-16-17-10-6-4-7-11-17/h4,6-7,10-11,18,23-24H,5,8-9,12-16H2,1-3H3. The Labute approximate surface area is 167 Å². The van der Waals surface area contributed by atoms with Crippen molar-refractivity contribution in [1.82, 2.24) is 5.32 Å². The number of aliphatic hydroxyl groups excluding tert-OH is 1. The second kappa shape index (κ2) is 10.0. The minimum atomic E-state index is -0.927. The Kier molecular flexibility index (Phi) is 8.01. The van der Waals surface area contributed by atoms with Crippen LogP contribution in [0.4, 0.5) is 0 Å². The molecule has 2 rings (SSSR count). The van der Waals surface area contributed by atoms with Crippen LogP contribution in [0.2, 0.25) is 0 Å². The molecule has 0 amide bonds. The number of carbonyl (C=O) groups excluding carboxylic acids is 2. The molecule has 1 aliphatic carbocycles. The van der Waals surface area contributed by atoms with Crippen molar-refractivity contribution in [3.05, 3.63) is 35.9 Å². The molecule has 0 bridgehead atoms. The number of carbonyl (C=O) groups is 2. The van der Waals surface area contributed by atoms with Gasteiger partial charge in [0.15, 0.2) is 0 Å². The first-order valence-corrected chi connectivity index (χ1v) is 10.1. The molecule has 0 aromatic heterocycles. The van der Waals surface area contributed by atoms with Crippen LogP contribution in [0.15, 0.2) is 30.3 Å². The Balaban J connectivity index is 2.12. The highest BCUT2D eigenvalue weighted by Gasteiger charge is 2.44. The second-order valence-electron chi connectivity index (χ2n) is 8.45. The van der Waals surface area contributed by atoms with Gasteiger partial charge in [-0.1, -0.05) is 49.6 Å². The summed E-state index contributed by atoms with van der Waals surface area (Å²) in [6, 6.07) is 8.77. The van der Waals surface area contributed by atoms with Crippen molar-refractivity contribution in [3.63, 3.8) is 0 Å². The lowest BCUT2D eigenvalue weighted by molar-refractivity contribution is -0.162. The average Bonchev–Trinajstić information content (AvgIpc) is 2.66. The second-order valence-corrected chi connectivity index (χ2v) is 8.45. The van der Waals surface area contributed by atoms with Crippen molar-refractivity contribution >= 4 is 11.9 Å². The molecule has 2 N–H and O–H groups in total. The molecule has 1 atom stereocenters. The number of rotatable bonds is 8. The third-order valence-electron chi connectivity index (χ3n) is 4.87. The average molecular weight is 392 g/mol. The van der Waals surface area contributed by atoms with Crippen molar-refractivity contribution in [3.8, 4) is 0 Å². The number of aliphatic hydroxyl groups is 1. The van der Waals surface area contributed by atoms with Crippen molar-refractivity contribution < 1.29 is 24.2 Å². The lowest BCUT2D eigenvalue weighted by atomic mass is 9.81. The summed E-state index contributed by atoms with van der Waals surface area (Å²) < 4.78 is 11.1. The van der Waals surface area contributed by atoms with E-state index in [1.54, 1.807) is 20.8 Å². The van der Waals surface area contributed by atoms with Gasteiger partial charge in [-0.15, -0.1) is 0 Å². The molecular formula is C22H33NO5. The molecule has 6 heteroatoms. The largest absolute Gasteiger partial charge is 0.459 e. The van der Waals surface area contributed by atoms with Gasteiger partial charge in [-0.2, -0.15) is 0 Å². The highest BCUT2D eigenvalue weighted by molar-refractivity contribution is 5.83. The molecule has 0 aliphatic heterocycles. The fraction of sp³-hybridized carbons (Fsp3) is 0.636. The van der Waals surface area contributed by atoms with Gasteiger partial charge in [0.25, 0.3) is 0 Å². The Hall–Kier alpha value is -1.92. The van der Waals surface area contributed by atoms with Crippen LogP contribution in [-0.4, -0.2) is 40.8 Å². The predicted molar refractivity (Wildman–Crippen MR) is 107 cm³/mol. The normalized spacial score (nSPS) is 17.6. The maximum atomic E-state index is 13.0. The molecule has 0 spiro atoms. The Bertz CT molecular complexity index is 632. The molecule has 6 nitrogen and oxygen atoms in total. The monoisotopic (exact) mass is 391 g/mol. The van der Waals surface area contributed by atoms with Crippen LogP contribution in [0.1, 0.15) is 64.9 Å². The number of hydrogen-bond acceptors (Lipinski definition) is 6. The zero-order valence-electron chi connectivity index (χ0n) is 17.2. The Morgan fingerprint density at radius 3 is 2.36 bits per heavy atom. The van der Waals surface area contributed by atoms with Crippen LogP contribution in [-0.2, 0) is 25.7 Å². The maximum Gasteiger partial charge on any atom is 0.326 e. The van der Waals surface area contributed by atoms with E-state index in [0.717, 1.165) is 24.8 Å². The smallest absolute Gasteiger partial charge is 0.326 e. The van der Waals surface area contributed by atoms with Crippen LogP contribution in [0, 0.1) is 0 Å². The molecule has 1 unspecified atom stereocenters. The highest BCUT2D eigenvalue weighted by Crippen LogP contribution is 2.31. The number of ether oxygens (including phenoxy) is 2. The van der Waals surface area contributed by atoms with E-state index >= 15 is 0 Å². The number of nitrogens with one attached hydrogen (secondary N) is 1. The number of esters is 2. The van der Waals surface area contributed by atoms with Gasteiger partial charge >= 0.3 is 11.9 Å². The van der Waals surface area contributed by atoms with E-state index in [0.29, 0.717) is 12.8 Å². The van der Waals surface area contributed by atoms with E-state index in [9.17, 15) is 14.7 Å². The summed E-state index contributed by atoms with van der Waals surface area (Å²) in [6.45, 7) is 5.41. The molecule has 1 aromatic rings.